The molecule has 1 aromatic carbocycles. The van der Waals surface area contributed by atoms with Crippen molar-refractivity contribution in [3.8, 4) is 0 Å². The molecule has 0 aliphatic carbocycles. The van der Waals surface area contributed by atoms with E-state index in [1.165, 1.54) is 0 Å². The fourth-order valence-corrected chi connectivity index (χ4v) is 1.88. The molecule has 24 heavy (non-hydrogen) atoms. The Kier molecular flexibility index (Phi) is 7.64. The zero-order valence-corrected chi connectivity index (χ0v) is 13.9. The topological polar surface area (TPSA) is 113 Å². The van der Waals surface area contributed by atoms with Crippen molar-refractivity contribution in [2.75, 3.05) is 14.1 Å². The molecule has 1 aromatic rings. The summed E-state index contributed by atoms with van der Waals surface area (Å²) in [7, 11) is 3.45. The van der Waals surface area contributed by atoms with Crippen molar-refractivity contribution in [2.45, 2.75) is 25.4 Å². The second-order valence-corrected chi connectivity index (χ2v) is 5.50. The lowest BCUT2D eigenvalue weighted by atomic mass is 10.1. The van der Waals surface area contributed by atoms with Crippen LogP contribution in [-0.4, -0.2) is 48.1 Å². The van der Waals surface area contributed by atoms with E-state index in [0.717, 1.165) is 18.4 Å². The highest BCUT2D eigenvalue weighted by Crippen LogP contribution is 2.09. The van der Waals surface area contributed by atoms with Crippen LogP contribution < -0.4 is 11.1 Å². The molecule has 1 rings (SSSR count). The molecule has 0 saturated heterocycles. The van der Waals surface area contributed by atoms with Crippen LogP contribution in [0.25, 0.3) is 6.08 Å². The summed E-state index contributed by atoms with van der Waals surface area (Å²) in [5.74, 6) is -1.75. The summed E-state index contributed by atoms with van der Waals surface area (Å²) in [6.07, 6.45) is 4.34. The van der Waals surface area contributed by atoms with E-state index in [-0.39, 0.29) is 5.91 Å². The summed E-state index contributed by atoms with van der Waals surface area (Å²) in [5, 5.41) is 10.9. The summed E-state index contributed by atoms with van der Waals surface area (Å²) >= 11 is 0. The standard InChI is InChI=1S/C17H23N3O4/c1-20(2)14(21)10-5-3-4-7-12-8-6-9-13(11-12)16(22)19-15(18)17(23)24/h4,6-9,11,15H,3,5,10,18H2,1-2H3,(H,19,22)(H,23,24)/b7-4-/t15-/m0/s1. The van der Waals surface area contributed by atoms with Crippen molar-refractivity contribution in [3.63, 3.8) is 0 Å². The average Bonchev–Trinajstić information content (AvgIpc) is 2.54. The number of rotatable bonds is 8. The van der Waals surface area contributed by atoms with Crippen LogP contribution in [0.2, 0.25) is 0 Å². The van der Waals surface area contributed by atoms with Gasteiger partial charge in [0.25, 0.3) is 5.91 Å². The molecule has 130 valence electrons. The van der Waals surface area contributed by atoms with Crippen LogP contribution in [0.3, 0.4) is 0 Å². The predicted octanol–water partition coefficient (Wildman–Crippen LogP) is 1.06. The number of nitrogens with one attached hydrogen (secondary N) is 1. The van der Waals surface area contributed by atoms with Crippen LogP contribution >= 0.6 is 0 Å². The molecule has 0 aromatic heterocycles. The Balaban J connectivity index is 2.56. The van der Waals surface area contributed by atoms with Crippen molar-refractivity contribution in [3.05, 3.63) is 41.5 Å². The normalized spacial score (nSPS) is 12.0. The van der Waals surface area contributed by atoms with E-state index in [1.807, 2.05) is 18.2 Å². The average molecular weight is 333 g/mol. The number of carboxylic acid groups (broad SMARTS) is 1. The van der Waals surface area contributed by atoms with Gasteiger partial charge in [0.15, 0.2) is 6.17 Å². The molecule has 2 amide bonds. The molecule has 0 fully saturated rings. The van der Waals surface area contributed by atoms with Crippen molar-refractivity contribution in [2.24, 2.45) is 5.73 Å². The molecule has 0 radical (unpaired) electrons. The van der Waals surface area contributed by atoms with Gasteiger partial charge in [0.05, 0.1) is 0 Å². The molecule has 0 unspecified atom stereocenters. The van der Waals surface area contributed by atoms with Gasteiger partial charge < -0.3 is 21.1 Å². The molecule has 0 aliphatic rings. The van der Waals surface area contributed by atoms with E-state index in [9.17, 15) is 14.4 Å². The van der Waals surface area contributed by atoms with Crippen LogP contribution in [0.5, 0.6) is 0 Å². The first-order valence-electron chi connectivity index (χ1n) is 7.57. The molecular formula is C17H23N3O4. The van der Waals surface area contributed by atoms with Gasteiger partial charge in [0.1, 0.15) is 0 Å². The second-order valence-electron chi connectivity index (χ2n) is 5.50. The van der Waals surface area contributed by atoms with Gasteiger partial charge in [0.2, 0.25) is 5.91 Å². The maximum absolute atomic E-state index is 11.9. The maximum Gasteiger partial charge on any atom is 0.341 e. The van der Waals surface area contributed by atoms with E-state index >= 15 is 0 Å². The monoisotopic (exact) mass is 333 g/mol. The molecule has 0 aliphatic heterocycles. The number of hydrogen-bond acceptors (Lipinski definition) is 4. The zero-order valence-electron chi connectivity index (χ0n) is 13.9. The van der Waals surface area contributed by atoms with E-state index in [0.29, 0.717) is 12.0 Å². The number of carbonyl (C=O) groups excluding carboxylic acids is 2. The minimum atomic E-state index is -1.44. The largest absolute Gasteiger partial charge is 0.479 e. The van der Waals surface area contributed by atoms with Crippen molar-refractivity contribution in [1.29, 1.82) is 0 Å². The van der Waals surface area contributed by atoms with Crippen LogP contribution in [-0.2, 0) is 9.59 Å². The number of allylic oxidation sites excluding steroid dienone is 1. The first-order chi connectivity index (χ1) is 11.3. The van der Waals surface area contributed by atoms with Gasteiger partial charge in [-0.25, -0.2) is 4.79 Å². The van der Waals surface area contributed by atoms with Gasteiger partial charge in [-0.1, -0.05) is 24.3 Å². The van der Waals surface area contributed by atoms with Gasteiger partial charge in [-0.2, -0.15) is 0 Å². The molecule has 0 spiro atoms. The Bertz CT molecular complexity index is 626. The van der Waals surface area contributed by atoms with Crippen LogP contribution in [0.4, 0.5) is 0 Å². The Labute approximate surface area is 141 Å². The van der Waals surface area contributed by atoms with Gasteiger partial charge in [-0.3, -0.25) is 9.59 Å². The van der Waals surface area contributed by atoms with Crippen LogP contribution in [0.15, 0.2) is 30.3 Å². The highest BCUT2D eigenvalue weighted by Gasteiger charge is 2.15. The number of nitrogens with two attached hydrogens (primary N) is 1. The van der Waals surface area contributed by atoms with E-state index in [1.54, 1.807) is 37.2 Å². The van der Waals surface area contributed by atoms with Crippen molar-refractivity contribution >= 4 is 23.9 Å². The first kappa shape index (κ1) is 19.4. The third-order valence-electron chi connectivity index (χ3n) is 3.27. The Hall–Kier alpha value is -2.67. The minimum Gasteiger partial charge on any atom is -0.479 e. The number of nitrogens with zero attached hydrogens (tertiary/aromatic N) is 1. The molecule has 0 bridgehead atoms. The van der Waals surface area contributed by atoms with Crippen molar-refractivity contribution in [1.82, 2.24) is 10.2 Å². The van der Waals surface area contributed by atoms with Gasteiger partial charge in [-0.05, 0) is 30.5 Å². The molecule has 0 saturated carbocycles. The number of aliphatic carboxylic acids is 1. The molecule has 7 heteroatoms. The smallest absolute Gasteiger partial charge is 0.341 e. The SMILES string of the molecule is CN(C)C(=O)CCC/C=C\c1cccc(C(=O)N[C@H](N)C(=O)O)c1. The fraction of sp³-hybridized carbons (Fsp3) is 0.353. The molecule has 7 nitrogen and oxygen atoms in total. The van der Waals surface area contributed by atoms with Gasteiger partial charge >= 0.3 is 5.97 Å². The number of carbonyl (C=O) groups is 3. The molecule has 4 N–H and O–H groups in total. The molecule has 0 heterocycles. The Morgan fingerprint density at radius 3 is 2.67 bits per heavy atom. The highest BCUT2D eigenvalue weighted by atomic mass is 16.4. The van der Waals surface area contributed by atoms with Gasteiger partial charge in [-0.15, -0.1) is 0 Å². The number of carboxylic acids is 1. The van der Waals surface area contributed by atoms with Crippen LogP contribution in [0.1, 0.15) is 35.2 Å². The second kappa shape index (κ2) is 9.46. The van der Waals surface area contributed by atoms with Crippen molar-refractivity contribution < 1.29 is 19.5 Å². The maximum atomic E-state index is 11.9. The zero-order chi connectivity index (χ0) is 18.1. The Morgan fingerprint density at radius 1 is 1.33 bits per heavy atom. The van der Waals surface area contributed by atoms with E-state index in [4.69, 9.17) is 10.8 Å². The summed E-state index contributed by atoms with van der Waals surface area (Å²) in [6, 6.07) is 6.76. The summed E-state index contributed by atoms with van der Waals surface area (Å²) in [4.78, 5) is 35.6. The highest BCUT2D eigenvalue weighted by molar-refractivity contribution is 5.96. The fourth-order valence-electron chi connectivity index (χ4n) is 1.88. The third-order valence-corrected chi connectivity index (χ3v) is 3.27. The minimum absolute atomic E-state index is 0.0943. The number of benzene rings is 1. The molecular weight excluding hydrogens is 310 g/mol. The first-order valence-corrected chi connectivity index (χ1v) is 7.57. The molecule has 1 atom stereocenters. The number of hydrogen-bond donors (Lipinski definition) is 3. The van der Waals surface area contributed by atoms with E-state index in [2.05, 4.69) is 5.32 Å². The Morgan fingerprint density at radius 2 is 2.04 bits per heavy atom. The third kappa shape index (κ3) is 6.62. The quantitative estimate of drug-likeness (QED) is 0.486. The lowest BCUT2D eigenvalue weighted by Gasteiger charge is -2.09. The van der Waals surface area contributed by atoms with Crippen LogP contribution in [0, 0.1) is 0 Å². The lowest BCUT2D eigenvalue weighted by molar-refractivity contribution is -0.139. The summed E-state index contributed by atoms with van der Waals surface area (Å²) < 4.78 is 0. The number of amides is 2. The number of unbranched alkanes of at least 4 members (excludes halogenated alkanes) is 1. The van der Waals surface area contributed by atoms with E-state index < -0.39 is 18.0 Å². The van der Waals surface area contributed by atoms with Gasteiger partial charge in [0, 0.05) is 26.1 Å². The lowest BCUT2D eigenvalue weighted by Crippen LogP contribution is -2.47. The summed E-state index contributed by atoms with van der Waals surface area (Å²) in [5.41, 5.74) is 6.42. The predicted molar refractivity (Wildman–Crippen MR) is 91.1 cm³/mol. The summed E-state index contributed by atoms with van der Waals surface area (Å²) in [6.45, 7) is 0.